The van der Waals surface area contributed by atoms with E-state index in [4.69, 9.17) is 0 Å². The number of carbonyl (C=O) groups excluding carboxylic acids is 1. The van der Waals surface area contributed by atoms with Crippen LogP contribution in [0.4, 0.5) is 10.1 Å². The molecule has 1 aliphatic rings. The van der Waals surface area contributed by atoms with Gasteiger partial charge in [0.25, 0.3) is 0 Å². The maximum Gasteiger partial charge on any atom is 0.238 e. The van der Waals surface area contributed by atoms with E-state index in [2.05, 4.69) is 10.6 Å². The molecule has 110 valence electrons. The Morgan fingerprint density at radius 1 is 1.30 bits per heavy atom. The van der Waals surface area contributed by atoms with Crippen molar-refractivity contribution in [2.45, 2.75) is 31.7 Å². The van der Waals surface area contributed by atoms with Gasteiger partial charge in [0.05, 0.1) is 12.2 Å². The van der Waals surface area contributed by atoms with Crippen molar-refractivity contribution in [3.8, 4) is 0 Å². The number of aliphatic hydroxyl groups excluding tert-OH is 1. The topological polar surface area (TPSA) is 61.4 Å². The number of aliphatic hydroxyl groups is 1. The van der Waals surface area contributed by atoms with E-state index in [0.29, 0.717) is 0 Å². The molecule has 0 aliphatic heterocycles. The summed E-state index contributed by atoms with van der Waals surface area (Å²) in [5.74, 6) is -0.492. The minimum absolute atomic E-state index is 0.134. The summed E-state index contributed by atoms with van der Waals surface area (Å²) in [6, 6.07) is 6.27. The van der Waals surface area contributed by atoms with Crippen LogP contribution in [-0.2, 0) is 4.79 Å². The molecule has 1 saturated carbocycles. The number of amides is 1. The van der Waals surface area contributed by atoms with Crippen molar-refractivity contribution in [1.82, 2.24) is 5.32 Å². The molecule has 1 aromatic carbocycles. The maximum atomic E-state index is 13.4. The molecule has 20 heavy (non-hydrogen) atoms. The Morgan fingerprint density at radius 3 is 2.80 bits per heavy atom. The lowest BCUT2D eigenvalue weighted by atomic mass is 9.85. The fraction of sp³-hybridized carbons (Fsp3) is 0.533. The summed E-state index contributed by atoms with van der Waals surface area (Å²) in [6.45, 7) is 0.280. The average molecular weight is 280 g/mol. The fourth-order valence-electron chi connectivity index (χ4n) is 2.68. The molecule has 4 nitrogen and oxygen atoms in total. The highest BCUT2D eigenvalue weighted by Gasteiger charge is 2.24. The Hall–Kier alpha value is -1.46. The molecule has 2 rings (SSSR count). The van der Waals surface area contributed by atoms with Gasteiger partial charge in [-0.15, -0.1) is 0 Å². The van der Waals surface area contributed by atoms with Crippen molar-refractivity contribution in [1.29, 1.82) is 0 Å². The second-order valence-corrected chi connectivity index (χ2v) is 5.24. The van der Waals surface area contributed by atoms with Crippen molar-refractivity contribution in [2.24, 2.45) is 5.92 Å². The van der Waals surface area contributed by atoms with Gasteiger partial charge in [-0.25, -0.2) is 4.39 Å². The Balaban J connectivity index is 1.81. The van der Waals surface area contributed by atoms with Gasteiger partial charge in [0.15, 0.2) is 0 Å². The molecule has 0 heterocycles. The van der Waals surface area contributed by atoms with Crippen LogP contribution in [0.3, 0.4) is 0 Å². The number of carbonyl (C=O) groups is 1. The van der Waals surface area contributed by atoms with E-state index in [1.807, 2.05) is 0 Å². The largest absolute Gasteiger partial charge is 0.396 e. The lowest BCUT2D eigenvalue weighted by Gasteiger charge is -2.30. The number of halogens is 1. The molecule has 0 radical (unpaired) electrons. The van der Waals surface area contributed by atoms with Crippen LogP contribution in [0, 0.1) is 11.7 Å². The Morgan fingerprint density at radius 2 is 2.05 bits per heavy atom. The highest BCUT2D eigenvalue weighted by Crippen LogP contribution is 2.23. The molecular weight excluding hydrogens is 259 g/mol. The summed E-state index contributed by atoms with van der Waals surface area (Å²) >= 11 is 0. The molecule has 0 aromatic heterocycles. The van der Waals surface area contributed by atoms with E-state index in [-0.39, 0.29) is 36.7 Å². The number of hydrogen-bond acceptors (Lipinski definition) is 3. The van der Waals surface area contributed by atoms with Crippen molar-refractivity contribution in [3.63, 3.8) is 0 Å². The van der Waals surface area contributed by atoms with Gasteiger partial charge in [-0.3, -0.25) is 4.79 Å². The zero-order valence-electron chi connectivity index (χ0n) is 11.4. The number of benzene rings is 1. The normalized spacial score (nSPS) is 22.5. The standard InChI is InChI=1S/C15H21FN2O2/c16-12-6-2-4-8-14(12)18-15(20)9-17-13-7-3-1-5-11(13)10-19/h2,4,6,8,11,13,17,19H,1,3,5,7,9-10H2,(H,18,20). The predicted molar refractivity (Wildman–Crippen MR) is 75.9 cm³/mol. The fourth-order valence-corrected chi connectivity index (χ4v) is 2.68. The van der Waals surface area contributed by atoms with E-state index in [1.165, 1.54) is 12.1 Å². The number of anilines is 1. The van der Waals surface area contributed by atoms with Gasteiger partial charge in [-0.1, -0.05) is 25.0 Å². The quantitative estimate of drug-likeness (QED) is 0.772. The summed E-state index contributed by atoms with van der Waals surface area (Å²) in [4.78, 5) is 11.8. The van der Waals surface area contributed by atoms with Crippen LogP contribution in [0.15, 0.2) is 24.3 Å². The van der Waals surface area contributed by atoms with Crippen molar-refractivity contribution in [2.75, 3.05) is 18.5 Å². The third kappa shape index (κ3) is 4.02. The van der Waals surface area contributed by atoms with Crippen LogP contribution in [0.1, 0.15) is 25.7 Å². The van der Waals surface area contributed by atoms with Gasteiger partial charge in [-0.05, 0) is 30.9 Å². The third-order valence-electron chi connectivity index (χ3n) is 3.82. The minimum atomic E-state index is -0.438. The number of para-hydroxylation sites is 1. The minimum Gasteiger partial charge on any atom is -0.396 e. The van der Waals surface area contributed by atoms with Gasteiger partial charge < -0.3 is 15.7 Å². The van der Waals surface area contributed by atoms with Gasteiger partial charge >= 0.3 is 0 Å². The predicted octanol–water partition coefficient (Wildman–Crippen LogP) is 1.90. The van der Waals surface area contributed by atoms with Crippen LogP contribution >= 0.6 is 0 Å². The van der Waals surface area contributed by atoms with Gasteiger partial charge in [0, 0.05) is 12.6 Å². The highest BCUT2D eigenvalue weighted by molar-refractivity contribution is 5.92. The summed E-state index contributed by atoms with van der Waals surface area (Å²) in [5.41, 5.74) is 0.196. The maximum absolute atomic E-state index is 13.4. The van der Waals surface area contributed by atoms with Gasteiger partial charge in [0.1, 0.15) is 5.82 Å². The monoisotopic (exact) mass is 280 g/mol. The first kappa shape index (κ1) is 14.9. The molecule has 0 bridgehead atoms. The van der Waals surface area contributed by atoms with Crippen molar-refractivity contribution < 1.29 is 14.3 Å². The van der Waals surface area contributed by atoms with E-state index in [0.717, 1.165) is 25.7 Å². The summed E-state index contributed by atoms with van der Waals surface area (Å²) in [7, 11) is 0. The highest BCUT2D eigenvalue weighted by atomic mass is 19.1. The van der Waals surface area contributed by atoms with Crippen molar-refractivity contribution in [3.05, 3.63) is 30.1 Å². The first-order valence-electron chi connectivity index (χ1n) is 7.09. The molecule has 2 atom stereocenters. The lowest BCUT2D eigenvalue weighted by Crippen LogP contribution is -2.43. The first-order valence-corrected chi connectivity index (χ1v) is 7.09. The first-order chi connectivity index (χ1) is 9.70. The zero-order valence-corrected chi connectivity index (χ0v) is 11.4. The number of nitrogens with one attached hydrogen (secondary N) is 2. The molecular formula is C15H21FN2O2. The van der Waals surface area contributed by atoms with E-state index < -0.39 is 5.82 Å². The van der Waals surface area contributed by atoms with E-state index in [9.17, 15) is 14.3 Å². The summed E-state index contributed by atoms with van der Waals surface area (Å²) in [5, 5.41) is 15.0. The number of hydrogen-bond donors (Lipinski definition) is 3. The molecule has 5 heteroatoms. The van der Waals surface area contributed by atoms with E-state index >= 15 is 0 Å². The molecule has 1 aromatic rings. The molecule has 0 saturated heterocycles. The second kappa shape index (κ2) is 7.36. The smallest absolute Gasteiger partial charge is 0.238 e. The SMILES string of the molecule is O=C(CNC1CCCCC1CO)Nc1ccccc1F. The van der Waals surface area contributed by atoms with Gasteiger partial charge in [0.2, 0.25) is 5.91 Å². The average Bonchev–Trinajstić information content (AvgIpc) is 2.48. The second-order valence-electron chi connectivity index (χ2n) is 5.24. The van der Waals surface area contributed by atoms with E-state index in [1.54, 1.807) is 12.1 Å². The summed E-state index contributed by atoms with van der Waals surface area (Å²) in [6.07, 6.45) is 4.20. The number of rotatable bonds is 5. The Kier molecular flexibility index (Phi) is 5.49. The zero-order chi connectivity index (χ0) is 14.4. The van der Waals surface area contributed by atoms with Crippen molar-refractivity contribution >= 4 is 11.6 Å². The summed E-state index contributed by atoms with van der Waals surface area (Å²) < 4.78 is 13.4. The third-order valence-corrected chi connectivity index (χ3v) is 3.82. The van der Waals surface area contributed by atoms with Crippen LogP contribution < -0.4 is 10.6 Å². The van der Waals surface area contributed by atoms with Crippen LogP contribution in [0.2, 0.25) is 0 Å². The molecule has 0 spiro atoms. The van der Waals surface area contributed by atoms with Crippen LogP contribution in [0.25, 0.3) is 0 Å². The molecule has 2 unspecified atom stereocenters. The molecule has 1 fully saturated rings. The Bertz CT molecular complexity index is 453. The van der Waals surface area contributed by atoms with Crippen LogP contribution in [0.5, 0.6) is 0 Å². The molecule has 3 N–H and O–H groups in total. The molecule has 1 amide bonds. The van der Waals surface area contributed by atoms with Gasteiger partial charge in [-0.2, -0.15) is 0 Å². The lowest BCUT2D eigenvalue weighted by molar-refractivity contribution is -0.115. The molecule has 1 aliphatic carbocycles. The Labute approximate surface area is 118 Å². The van der Waals surface area contributed by atoms with Crippen LogP contribution in [-0.4, -0.2) is 30.2 Å².